The van der Waals surface area contributed by atoms with Crippen molar-refractivity contribution in [1.82, 2.24) is 15.6 Å². The summed E-state index contributed by atoms with van der Waals surface area (Å²) in [5, 5.41) is 7.08. The van der Waals surface area contributed by atoms with Gasteiger partial charge in [0.1, 0.15) is 11.8 Å². The van der Waals surface area contributed by atoms with Crippen LogP contribution in [0.2, 0.25) is 0 Å². The van der Waals surface area contributed by atoms with E-state index in [2.05, 4.69) is 15.6 Å². The van der Waals surface area contributed by atoms with E-state index in [9.17, 15) is 4.79 Å². The lowest BCUT2D eigenvalue weighted by Gasteiger charge is -2.24. The molecule has 1 aliphatic rings. The van der Waals surface area contributed by atoms with Crippen LogP contribution in [0.4, 0.5) is 0 Å². The second-order valence-corrected chi connectivity index (χ2v) is 4.46. The number of piperazine rings is 1. The highest BCUT2D eigenvalue weighted by molar-refractivity contribution is 5.91. The number of hydrogen-bond acceptors (Lipinski definition) is 4. The molecule has 2 aromatic rings. The minimum atomic E-state index is -0.312. The highest BCUT2D eigenvalue weighted by atomic mass is 16.5. The van der Waals surface area contributed by atoms with Gasteiger partial charge >= 0.3 is 0 Å². The zero-order chi connectivity index (χ0) is 13.2. The number of hydrogen-bond donors (Lipinski definition) is 2. The number of benzene rings is 1. The van der Waals surface area contributed by atoms with Gasteiger partial charge in [0.25, 0.3) is 0 Å². The number of fused-ring (bicyclic) bond motifs is 1. The van der Waals surface area contributed by atoms with E-state index in [0.29, 0.717) is 6.54 Å². The van der Waals surface area contributed by atoms with Gasteiger partial charge in [0.2, 0.25) is 5.91 Å². The van der Waals surface area contributed by atoms with Crippen LogP contribution < -0.4 is 15.4 Å². The molecule has 0 saturated carbocycles. The summed E-state index contributed by atoms with van der Waals surface area (Å²) in [4.78, 5) is 16.3. The van der Waals surface area contributed by atoms with E-state index in [0.717, 1.165) is 28.8 Å². The highest BCUT2D eigenvalue weighted by Gasteiger charge is 2.24. The van der Waals surface area contributed by atoms with Gasteiger partial charge in [0.15, 0.2) is 0 Å². The lowest BCUT2D eigenvalue weighted by Crippen LogP contribution is -2.47. The number of nitrogens with one attached hydrogen (secondary N) is 2. The number of methoxy groups -OCH3 is 1. The van der Waals surface area contributed by atoms with E-state index in [1.165, 1.54) is 0 Å². The summed E-state index contributed by atoms with van der Waals surface area (Å²) in [6, 6.07) is 7.28. The molecule has 98 valence electrons. The van der Waals surface area contributed by atoms with Gasteiger partial charge in [-0.15, -0.1) is 0 Å². The number of nitrogens with zero attached hydrogens (tertiary/aromatic N) is 1. The summed E-state index contributed by atoms with van der Waals surface area (Å²) in [5.41, 5.74) is 1.78. The van der Waals surface area contributed by atoms with Crippen LogP contribution in [0.1, 0.15) is 11.6 Å². The Morgan fingerprint density at radius 2 is 2.21 bits per heavy atom. The summed E-state index contributed by atoms with van der Waals surface area (Å²) in [6.07, 6.45) is 1.72. The molecular formula is C14H15N3O2. The molecule has 1 fully saturated rings. The minimum Gasteiger partial charge on any atom is -0.497 e. The molecule has 1 aromatic carbocycles. The van der Waals surface area contributed by atoms with Crippen LogP contribution in [-0.4, -0.2) is 31.1 Å². The van der Waals surface area contributed by atoms with Gasteiger partial charge in [-0.1, -0.05) is 0 Å². The average Bonchev–Trinajstić information content (AvgIpc) is 2.46. The Hall–Kier alpha value is -2.14. The fraction of sp³-hybridized carbons (Fsp3) is 0.286. The first-order valence-electron chi connectivity index (χ1n) is 6.23. The van der Waals surface area contributed by atoms with Crippen molar-refractivity contribution in [1.29, 1.82) is 0 Å². The minimum absolute atomic E-state index is 0.00886. The zero-order valence-corrected chi connectivity index (χ0v) is 10.6. The first-order chi connectivity index (χ1) is 9.29. The summed E-state index contributed by atoms with van der Waals surface area (Å²) in [6.45, 7) is 1.45. The van der Waals surface area contributed by atoms with Crippen LogP contribution in [0.3, 0.4) is 0 Å². The molecule has 1 amide bonds. The maximum atomic E-state index is 11.9. The van der Waals surface area contributed by atoms with E-state index in [1.807, 2.05) is 24.3 Å². The molecule has 1 aliphatic heterocycles. The van der Waals surface area contributed by atoms with Gasteiger partial charge in [0.05, 0.1) is 12.6 Å². The quantitative estimate of drug-likeness (QED) is 0.842. The van der Waals surface area contributed by atoms with Crippen molar-refractivity contribution in [3.05, 3.63) is 36.0 Å². The van der Waals surface area contributed by atoms with Gasteiger partial charge in [-0.25, -0.2) is 0 Å². The van der Waals surface area contributed by atoms with Crippen LogP contribution in [0, 0.1) is 0 Å². The molecular weight excluding hydrogens is 242 g/mol. The molecule has 5 nitrogen and oxygen atoms in total. The molecule has 1 saturated heterocycles. The van der Waals surface area contributed by atoms with Crippen molar-refractivity contribution >= 4 is 16.8 Å². The molecule has 1 atom stereocenters. The molecule has 0 spiro atoms. The van der Waals surface area contributed by atoms with Crippen molar-refractivity contribution in [2.45, 2.75) is 6.04 Å². The highest BCUT2D eigenvalue weighted by Crippen LogP contribution is 2.26. The Morgan fingerprint density at radius 1 is 1.32 bits per heavy atom. The van der Waals surface area contributed by atoms with E-state index in [4.69, 9.17) is 4.74 Å². The molecule has 0 bridgehead atoms. The molecule has 3 rings (SSSR count). The van der Waals surface area contributed by atoms with Crippen molar-refractivity contribution < 1.29 is 9.53 Å². The Morgan fingerprint density at radius 3 is 3.00 bits per heavy atom. The molecule has 0 radical (unpaired) electrons. The lowest BCUT2D eigenvalue weighted by atomic mass is 10.00. The van der Waals surface area contributed by atoms with E-state index < -0.39 is 0 Å². The smallest absolute Gasteiger partial charge is 0.241 e. The molecule has 0 aliphatic carbocycles. The molecule has 1 unspecified atom stereocenters. The number of ether oxygens (including phenoxy) is 1. The maximum absolute atomic E-state index is 11.9. The molecule has 5 heteroatoms. The maximum Gasteiger partial charge on any atom is 0.241 e. The predicted molar refractivity (Wildman–Crippen MR) is 72.0 cm³/mol. The van der Waals surface area contributed by atoms with Gasteiger partial charge < -0.3 is 15.4 Å². The predicted octanol–water partition coefficient (Wildman–Crippen LogP) is 1.00. The summed E-state index contributed by atoms with van der Waals surface area (Å²) in [7, 11) is 1.63. The van der Waals surface area contributed by atoms with Crippen LogP contribution in [0.15, 0.2) is 30.5 Å². The summed E-state index contributed by atoms with van der Waals surface area (Å²) >= 11 is 0. The number of aromatic nitrogens is 1. The number of rotatable bonds is 2. The van der Waals surface area contributed by atoms with Crippen molar-refractivity contribution in [2.75, 3.05) is 20.2 Å². The second-order valence-electron chi connectivity index (χ2n) is 4.46. The largest absolute Gasteiger partial charge is 0.497 e. The van der Waals surface area contributed by atoms with Crippen LogP contribution in [0.5, 0.6) is 5.75 Å². The second kappa shape index (κ2) is 4.85. The van der Waals surface area contributed by atoms with Crippen molar-refractivity contribution in [3.63, 3.8) is 0 Å². The average molecular weight is 257 g/mol. The Bertz CT molecular complexity index is 627. The monoisotopic (exact) mass is 257 g/mol. The number of amides is 1. The third-order valence-corrected chi connectivity index (χ3v) is 3.33. The van der Waals surface area contributed by atoms with Gasteiger partial charge in [-0.3, -0.25) is 9.78 Å². The molecule has 1 aromatic heterocycles. The fourth-order valence-electron chi connectivity index (χ4n) is 2.38. The van der Waals surface area contributed by atoms with Crippen molar-refractivity contribution in [3.8, 4) is 5.75 Å². The van der Waals surface area contributed by atoms with E-state index in [1.54, 1.807) is 13.3 Å². The number of carbonyl (C=O) groups excluding carboxylic acids is 1. The molecule has 2 N–H and O–H groups in total. The van der Waals surface area contributed by atoms with Gasteiger partial charge in [-0.2, -0.15) is 0 Å². The standard InChI is InChI=1S/C14H15N3O2/c1-19-9-2-3-10-11(4-5-15-12(10)8-9)13-14(18)17-7-6-16-13/h2-5,8,13,16H,6-7H2,1H3,(H,17,18). The molecule has 2 heterocycles. The van der Waals surface area contributed by atoms with Crippen molar-refractivity contribution in [2.24, 2.45) is 0 Å². The molecule has 19 heavy (non-hydrogen) atoms. The Balaban J connectivity index is 2.10. The Kier molecular flexibility index (Phi) is 3.05. The number of carbonyl (C=O) groups is 1. The normalized spacial score (nSPS) is 19.2. The van der Waals surface area contributed by atoms with E-state index in [-0.39, 0.29) is 11.9 Å². The van der Waals surface area contributed by atoms with Gasteiger partial charge in [0, 0.05) is 30.7 Å². The van der Waals surface area contributed by atoms with Crippen LogP contribution in [-0.2, 0) is 4.79 Å². The lowest BCUT2D eigenvalue weighted by molar-refractivity contribution is -0.124. The van der Waals surface area contributed by atoms with Crippen LogP contribution >= 0.6 is 0 Å². The first kappa shape index (κ1) is 11.9. The number of pyridine rings is 1. The Labute approximate surface area is 111 Å². The summed E-state index contributed by atoms with van der Waals surface area (Å²) < 4.78 is 5.19. The zero-order valence-electron chi connectivity index (χ0n) is 10.6. The third kappa shape index (κ3) is 2.13. The van der Waals surface area contributed by atoms with Gasteiger partial charge in [-0.05, 0) is 23.8 Å². The van der Waals surface area contributed by atoms with E-state index >= 15 is 0 Å². The third-order valence-electron chi connectivity index (χ3n) is 3.33. The topological polar surface area (TPSA) is 63.2 Å². The fourth-order valence-corrected chi connectivity index (χ4v) is 2.38. The van der Waals surface area contributed by atoms with Crippen LogP contribution in [0.25, 0.3) is 10.9 Å². The SMILES string of the molecule is COc1ccc2c(C3NCCNC3=O)ccnc2c1. The first-order valence-corrected chi connectivity index (χ1v) is 6.23. The summed E-state index contributed by atoms with van der Waals surface area (Å²) in [5.74, 6) is 0.771.